The number of anilines is 1. The van der Waals surface area contributed by atoms with Crippen LogP contribution in [0.4, 0.5) is 5.95 Å². The van der Waals surface area contributed by atoms with Gasteiger partial charge in [0.15, 0.2) is 5.82 Å². The summed E-state index contributed by atoms with van der Waals surface area (Å²) in [5.41, 5.74) is 1.38. The van der Waals surface area contributed by atoms with Gasteiger partial charge in [-0.15, -0.1) is 10.2 Å². The van der Waals surface area contributed by atoms with Crippen LogP contribution < -0.4 is 14.2 Å². The molecule has 1 aromatic carbocycles. The van der Waals surface area contributed by atoms with Gasteiger partial charge < -0.3 is 14.2 Å². The SMILES string of the molecule is COc1cccc(OC)c1-n1c(NS(=O)(=O)[C@@H](C)[C@H](C)c2ncc(C)cn2)nnc1[C@H]1CN2CCC[C@H]2CO1. The molecule has 1 N–H and O–H groups in total. The Kier molecular flexibility index (Phi) is 7.74. The van der Waals surface area contributed by atoms with Gasteiger partial charge in [-0.3, -0.25) is 14.2 Å². The maximum Gasteiger partial charge on any atom is 0.243 e. The molecule has 3 aromatic rings. The molecule has 2 saturated heterocycles. The first-order valence-corrected chi connectivity index (χ1v) is 14.6. The number of nitrogens with zero attached hydrogens (tertiary/aromatic N) is 6. The van der Waals surface area contributed by atoms with Crippen molar-refractivity contribution in [1.82, 2.24) is 29.6 Å². The molecule has 5 rings (SSSR count). The number of fused-ring (bicyclic) bond motifs is 1. The fraction of sp³-hybridized carbons (Fsp3) is 0.538. The van der Waals surface area contributed by atoms with Crippen molar-refractivity contribution in [2.45, 2.75) is 56.9 Å². The second kappa shape index (κ2) is 11.1. The minimum atomic E-state index is -3.96. The van der Waals surface area contributed by atoms with Gasteiger partial charge in [-0.05, 0) is 50.9 Å². The predicted octanol–water partition coefficient (Wildman–Crippen LogP) is 2.85. The normalized spacial score (nSPS) is 21.3. The lowest BCUT2D eigenvalue weighted by Crippen LogP contribution is -2.43. The number of aryl methyl sites for hydroxylation is 1. The molecular formula is C26H35N7O5S. The van der Waals surface area contributed by atoms with Crippen LogP contribution in [0.1, 0.15) is 55.9 Å². The van der Waals surface area contributed by atoms with E-state index in [9.17, 15) is 8.42 Å². The fourth-order valence-corrected chi connectivity index (χ4v) is 6.39. The van der Waals surface area contributed by atoms with Crippen LogP contribution >= 0.6 is 0 Å². The maximum absolute atomic E-state index is 13.7. The van der Waals surface area contributed by atoms with Crippen LogP contribution in [0.5, 0.6) is 11.5 Å². The van der Waals surface area contributed by atoms with Crippen molar-refractivity contribution in [3.63, 3.8) is 0 Å². The van der Waals surface area contributed by atoms with Gasteiger partial charge in [0.2, 0.25) is 16.0 Å². The minimum Gasteiger partial charge on any atom is -0.494 e. The molecule has 0 unspecified atom stereocenters. The van der Waals surface area contributed by atoms with E-state index in [2.05, 4.69) is 29.8 Å². The third-order valence-electron chi connectivity index (χ3n) is 7.63. The van der Waals surface area contributed by atoms with Crippen LogP contribution in [0.3, 0.4) is 0 Å². The number of rotatable bonds is 9. The molecule has 2 fully saturated rings. The molecule has 0 radical (unpaired) electrons. The number of morpholine rings is 1. The van der Waals surface area contributed by atoms with Crippen molar-refractivity contribution in [2.75, 3.05) is 38.6 Å². The summed E-state index contributed by atoms with van der Waals surface area (Å²) in [7, 11) is -0.868. The zero-order chi connectivity index (χ0) is 27.7. The molecule has 2 aliphatic heterocycles. The molecule has 0 saturated carbocycles. The van der Waals surface area contributed by atoms with Crippen LogP contribution in [-0.2, 0) is 14.8 Å². The maximum atomic E-state index is 13.7. The Morgan fingerprint density at radius 1 is 1.10 bits per heavy atom. The molecule has 0 amide bonds. The number of benzene rings is 1. The summed E-state index contributed by atoms with van der Waals surface area (Å²) in [6.45, 7) is 7.49. The number of para-hydroxylation sites is 1. The van der Waals surface area contributed by atoms with Crippen molar-refractivity contribution >= 4 is 16.0 Å². The van der Waals surface area contributed by atoms with Crippen molar-refractivity contribution in [2.24, 2.45) is 0 Å². The molecule has 0 bridgehead atoms. The summed E-state index contributed by atoms with van der Waals surface area (Å²) in [4.78, 5) is 11.1. The van der Waals surface area contributed by atoms with E-state index >= 15 is 0 Å². The number of hydrogen-bond acceptors (Lipinski definition) is 10. The van der Waals surface area contributed by atoms with Gasteiger partial charge in [0.05, 0.1) is 26.1 Å². The number of ether oxygens (including phenoxy) is 3. The number of sulfonamides is 1. The zero-order valence-corrected chi connectivity index (χ0v) is 23.7. The Morgan fingerprint density at radius 3 is 2.46 bits per heavy atom. The lowest BCUT2D eigenvalue weighted by Gasteiger charge is -2.34. The van der Waals surface area contributed by atoms with E-state index in [4.69, 9.17) is 14.2 Å². The lowest BCUT2D eigenvalue weighted by molar-refractivity contribution is -0.0548. The third kappa shape index (κ3) is 5.30. The smallest absolute Gasteiger partial charge is 0.243 e. The van der Waals surface area contributed by atoms with E-state index in [0.29, 0.717) is 48.0 Å². The minimum absolute atomic E-state index is 0.0174. The van der Waals surface area contributed by atoms with Crippen LogP contribution in [0.25, 0.3) is 5.69 Å². The van der Waals surface area contributed by atoms with Gasteiger partial charge >= 0.3 is 0 Å². The zero-order valence-electron chi connectivity index (χ0n) is 22.9. The summed E-state index contributed by atoms with van der Waals surface area (Å²) in [6.07, 6.45) is 5.16. The molecular weight excluding hydrogens is 522 g/mol. The topological polar surface area (TPSA) is 134 Å². The quantitative estimate of drug-likeness (QED) is 0.419. The highest BCUT2D eigenvalue weighted by atomic mass is 32.2. The molecule has 39 heavy (non-hydrogen) atoms. The highest BCUT2D eigenvalue weighted by Crippen LogP contribution is 2.39. The average Bonchev–Trinajstić information content (AvgIpc) is 3.58. The van der Waals surface area contributed by atoms with Gasteiger partial charge in [0.1, 0.15) is 29.1 Å². The predicted molar refractivity (Wildman–Crippen MR) is 145 cm³/mol. The summed E-state index contributed by atoms with van der Waals surface area (Å²) in [6, 6.07) is 5.74. The van der Waals surface area contributed by atoms with E-state index in [0.717, 1.165) is 24.9 Å². The van der Waals surface area contributed by atoms with E-state index < -0.39 is 27.3 Å². The van der Waals surface area contributed by atoms with Gasteiger partial charge in [-0.25, -0.2) is 18.4 Å². The first-order valence-electron chi connectivity index (χ1n) is 13.1. The highest BCUT2D eigenvalue weighted by Gasteiger charge is 2.38. The monoisotopic (exact) mass is 557 g/mol. The van der Waals surface area contributed by atoms with E-state index in [1.165, 1.54) is 0 Å². The molecule has 4 atom stereocenters. The molecule has 210 valence electrons. The van der Waals surface area contributed by atoms with E-state index in [1.807, 2.05) is 6.92 Å². The van der Waals surface area contributed by atoms with E-state index in [-0.39, 0.29) is 5.95 Å². The molecule has 13 heteroatoms. The lowest BCUT2D eigenvalue weighted by atomic mass is 10.1. The standard InChI is InChI=1S/C26H35N7O5S/c1-16-12-27-24(28-13-16)17(2)18(3)39(34,35)31-26-30-29-25(22-14-32-11-7-8-19(32)15-38-22)33(26)23-20(36-4)9-6-10-21(23)37-5/h6,9-10,12-13,17-19,22H,7-8,11,14-15H2,1-5H3,(H,30,31)/t17-,18-,19-,22+/m0/s1. The Bertz CT molecular complexity index is 1390. The van der Waals surface area contributed by atoms with Gasteiger partial charge in [0.25, 0.3) is 0 Å². The van der Waals surface area contributed by atoms with Crippen LogP contribution in [-0.4, -0.2) is 83.3 Å². The molecule has 4 heterocycles. The third-order valence-corrected chi connectivity index (χ3v) is 9.48. The van der Waals surface area contributed by atoms with Crippen LogP contribution in [0.2, 0.25) is 0 Å². The van der Waals surface area contributed by atoms with Crippen molar-refractivity contribution < 1.29 is 22.6 Å². The first kappa shape index (κ1) is 27.3. The summed E-state index contributed by atoms with van der Waals surface area (Å²) < 4.78 is 49.2. The van der Waals surface area contributed by atoms with Gasteiger partial charge in [0, 0.05) is 30.9 Å². The summed E-state index contributed by atoms with van der Waals surface area (Å²) in [5, 5.41) is 7.86. The number of nitrogens with one attached hydrogen (secondary N) is 1. The van der Waals surface area contributed by atoms with Crippen molar-refractivity contribution in [3.8, 4) is 17.2 Å². The van der Waals surface area contributed by atoms with Crippen molar-refractivity contribution in [1.29, 1.82) is 0 Å². The Hall–Kier alpha value is -3.29. The second-order valence-corrected chi connectivity index (χ2v) is 12.1. The fourth-order valence-electron chi connectivity index (χ4n) is 5.15. The average molecular weight is 558 g/mol. The molecule has 12 nitrogen and oxygen atoms in total. The summed E-state index contributed by atoms with van der Waals surface area (Å²) in [5.74, 6) is 1.39. The summed E-state index contributed by atoms with van der Waals surface area (Å²) >= 11 is 0. The number of aromatic nitrogens is 5. The first-order chi connectivity index (χ1) is 18.7. The Labute approximate surface area is 228 Å². The highest BCUT2D eigenvalue weighted by molar-refractivity contribution is 7.93. The van der Waals surface area contributed by atoms with Crippen LogP contribution in [0.15, 0.2) is 30.6 Å². The Balaban J connectivity index is 1.54. The molecule has 0 aliphatic carbocycles. The molecule has 2 aliphatic rings. The molecule has 2 aromatic heterocycles. The van der Waals surface area contributed by atoms with Crippen LogP contribution in [0, 0.1) is 6.92 Å². The van der Waals surface area contributed by atoms with Crippen molar-refractivity contribution in [3.05, 3.63) is 47.8 Å². The van der Waals surface area contributed by atoms with E-state index in [1.54, 1.807) is 63.2 Å². The second-order valence-electron chi connectivity index (χ2n) is 10.1. The van der Waals surface area contributed by atoms with Gasteiger partial charge in [-0.1, -0.05) is 13.0 Å². The molecule has 0 spiro atoms. The largest absolute Gasteiger partial charge is 0.494 e. The number of methoxy groups -OCH3 is 2. The van der Waals surface area contributed by atoms with Gasteiger partial charge in [-0.2, -0.15) is 0 Å². The Morgan fingerprint density at radius 2 is 1.79 bits per heavy atom. The number of hydrogen-bond donors (Lipinski definition) is 1.